The van der Waals surface area contributed by atoms with Crippen molar-refractivity contribution in [1.82, 2.24) is 0 Å². The van der Waals surface area contributed by atoms with Crippen LogP contribution in [0.2, 0.25) is 0 Å². The fourth-order valence-electron chi connectivity index (χ4n) is 5.27. The summed E-state index contributed by atoms with van der Waals surface area (Å²) in [7, 11) is -8.61. The van der Waals surface area contributed by atoms with E-state index in [-0.39, 0.29) is 43.8 Å². The molecular formula is C41H32N2O9S2. The minimum absolute atomic E-state index is 0.00387. The third-order valence-electron chi connectivity index (χ3n) is 8.07. The summed E-state index contributed by atoms with van der Waals surface area (Å²) < 4.78 is 66.7. The van der Waals surface area contributed by atoms with Crippen molar-refractivity contribution in [3.8, 4) is 11.5 Å². The van der Waals surface area contributed by atoms with Gasteiger partial charge in [0.1, 0.15) is 11.5 Å². The van der Waals surface area contributed by atoms with Crippen molar-refractivity contribution in [2.75, 3.05) is 8.61 Å². The Morgan fingerprint density at radius 3 is 1.06 bits per heavy atom. The van der Waals surface area contributed by atoms with E-state index in [9.17, 15) is 31.2 Å². The van der Waals surface area contributed by atoms with Gasteiger partial charge in [-0.25, -0.2) is 21.6 Å². The number of carbonyl (C=O) groups excluding carboxylic acids is 3. The van der Waals surface area contributed by atoms with Crippen molar-refractivity contribution in [2.24, 2.45) is 0 Å². The molecule has 0 aromatic heterocycles. The highest BCUT2D eigenvalue weighted by Crippen LogP contribution is 2.29. The lowest BCUT2D eigenvalue weighted by atomic mass is 10.2. The maximum Gasteiger partial charge on any atom is 0.519 e. The zero-order valence-corrected chi connectivity index (χ0v) is 30.5. The van der Waals surface area contributed by atoms with E-state index in [0.717, 1.165) is 11.1 Å². The molecule has 6 aromatic rings. The normalized spacial score (nSPS) is 11.3. The Kier molecular flexibility index (Phi) is 10.7. The van der Waals surface area contributed by atoms with Gasteiger partial charge in [-0.3, -0.25) is 9.59 Å². The molecule has 6 aromatic carbocycles. The van der Waals surface area contributed by atoms with E-state index in [0.29, 0.717) is 8.61 Å². The summed E-state index contributed by atoms with van der Waals surface area (Å²) in [4.78, 5) is 39.9. The molecule has 0 saturated carbocycles. The largest absolute Gasteiger partial charge is 0.519 e. The van der Waals surface area contributed by atoms with Crippen molar-refractivity contribution in [1.29, 1.82) is 0 Å². The summed E-state index contributed by atoms with van der Waals surface area (Å²) in [6.45, 7) is 3.64. The van der Waals surface area contributed by atoms with Crippen LogP contribution in [0.3, 0.4) is 0 Å². The molecule has 0 aliphatic rings. The monoisotopic (exact) mass is 760 g/mol. The molecule has 54 heavy (non-hydrogen) atoms. The Labute approximate surface area is 312 Å². The molecule has 0 N–H and O–H groups in total. The highest BCUT2D eigenvalue weighted by atomic mass is 32.2. The number of ether oxygens (including phenoxy) is 2. The molecule has 0 aliphatic heterocycles. The molecule has 11 nitrogen and oxygen atoms in total. The van der Waals surface area contributed by atoms with Crippen LogP contribution in [0.25, 0.3) is 0 Å². The van der Waals surface area contributed by atoms with E-state index < -0.39 is 38.0 Å². The summed E-state index contributed by atoms with van der Waals surface area (Å²) in [5, 5.41) is 0. The topological polar surface area (TPSA) is 144 Å². The van der Waals surface area contributed by atoms with Crippen LogP contribution in [0.1, 0.15) is 31.8 Å². The molecule has 0 heterocycles. The predicted molar refractivity (Wildman–Crippen MR) is 203 cm³/mol. The fraction of sp³-hybridized carbons (Fsp3) is 0.0488. The van der Waals surface area contributed by atoms with Gasteiger partial charge in [-0.05, 0) is 111 Å². The van der Waals surface area contributed by atoms with Crippen molar-refractivity contribution >= 4 is 49.4 Å². The number of para-hydroxylation sites is 2. The minimum atomic E-state index is -4.31. The summed E-state index contributed by atoms with van der Waals surface area (Å²) in [5.74, 6) is -1.67. The van der Waals surface area contributed by atoms with Gasteiger partial charge in [-0.2, -0.15) is 8.61 Å². The van der Waals surface area contributed by atoms with Crippen molar-refractivity contribution in [2.45, 2.75) is 23.6 Å². The SMILES string of the molecule is Cc1ccc(S(=O)(=O)N(C(=O)c2ccc(OC(=O)Oc3ccc(C(=O)N(c4ccccc4)S(=O)(=O)c4ccc(C)cc4)cc3)cc2)c2ccccc2)cc1. The standard InChI is InChI=1S/C41H32N2O9S2/c1-29-13-25-37(26-14-29)53(47,48)42(33-9-5-3-6-10-33)39(44)31-17-21-35(22-18-31)51-41(46)52-36-23-19-32(20-24-36)40(45)43(34-11-7-4-8-12-34)54(49,50)38-27-15-30(2)16-28-38/h3-28H,1-2H3. The molecule has 0 bridgehead atoms. The second-order valence-electron chi connectivity index (χ2n) is 11.9. The van der Waals surface area contributed by atoms with Crippen LogP contribution in [0.4, 0.5) is 16.2 Å². The molecule has 13 heteroatoms. The van der Waals surface area contributed by atoms with E-state index in [1.807, 2.05) is 13.8 Å². The maximum absolute atomic E-state index is 13.7. The molecule has 272 valence electrons. The Hall–Kier alpha value is -6.57. The van der Waals surface area contributed by atoms with Crippen molar-refractivity contribution < 1.29 is 40.7 Å². The molecule has 0 spiro atoms. The predicted octanol–water partition coefficient (Wildman–Crippen LogP) is 7.95. The van der Waals surface area contributed by atoms with Gasteiger partial charge in [0.2, 0.25) is 0 Å². The van der Waals surface area contributed by atoms with Gasteiger partial charge in [0.15, 0.2) is 0 Å². The van der Waals surface area contributed by atoms with Crippen LogP contribution in [-0.2, 0) is 20.0 Å². The Bertz CT molecular complexity index is 2330. The molecular weight excluding hydrogens is 729 g/mol. The Balaban J connectivity index is 1.15. The van der Waals surface area contributed by atoms with E-state index in [1.54, 1.807) is 60.7 Å². The van der Waals surface area contributed by atoms with Gasteiger partial charge in [-0.15, -0.1) is 0 Å². The van der Waals surface area contributed by atoms with E-state index in [1.165, 1.54) is 97.1 Å². The number of rotatable bonds is 10. The first-order valence-corrected chi connectivity index (χ1v) is 19.3. The lowest BCUT2D eigenvalue weighted by Crippen LogP contribution is -2.37. The molecule has 0 radical (unpaired) electrons. The minimum Gasteiger partial charge on any atom is -0.395 e. The van der Waals surface area contributed by atoms with Gasteiger partial charge in [0, 0.05) is 11.1 Å². The second kappa shape index (κ2) is 15.6. The molecule has 6 rings (SSSR count). The zero-order chi connectivity index (χ0) is 38.5. The first-order chi connectivity index (χ1) is 25.8. The number of hydrogen-bond acceptors (Lipinski definition) is 9. The van der Waals surface area contributed by atoms with Crippen LogP contribution in [0, 0.1) is 13.8 Å². The van der Waals surface area contributed by atoms with E-state index >= 15 is 0 Å². The Morgan fingerprint density at radius 2 is 0.741 bits per heavy atom. The maximum atomic E-state index is 13.7. The number of amides is 2. The quantitative estimate of drug-likeness (QED) is 0.100. The number of carbonyl (C=O) groups is 3. The molecule has 0 saturated heterocycles. The molecule has 0 aliphatic carbocycles. The van der Waals surface area contributed by atoms with Crippen molar-refractivity contribution in [3.05, 3.63) is 180 Å². The zero-order valence-electron chi connectivity index (χ0n) is 28.9. The van der Waals surface area contributed by atoms with Gasteiger partial charge >= 0.3 is 6.16 Å². The molecule has 0 fully saturated rings. The fourth-order valence-corrected chi connectivity index (χ4v) is 8.09. The van der Waals surface area contributed by atoms with Gasteiger partial charge < -0.3 is 9.47 Å². The average Bonchev–Trinajstić information content (AvgIpc) is 3.16. The lowest BCUT2D eigenvalue weighted by Gasteiger charge is -2.23. The number of benzene rings is 6. The number of anilines is 2. The smallest absolute Gasteiger partial charge is 0.395 e. The van der Waals surface area contributed by atoms with Crippen LogP contribution >= 0.6 is 0 Å². The van der Waals surface area contributed by atoms with Crippen LogP contribution in [-0.4, -0.2) is 34.8 Å². The molecule has 0 unspecified atom stereocenters. The molecule has 2 amide bonds. The van der Waals surface area contributed by atoms with Crippen molar-refractivity contribution in [3.63, 3.8) is 0 Å². The summed E-state index contributed by atoms with van der Waals surface area (Å²) in [5.41, 5.74) is 1.99. The number of nitrogens with zero attached hydrogens (tertiary/aromatic N) is 2. The summed E-state index contributed by atoms with van der Waals surface area (Å²) >= 11 is 0. The second-order valence-corrected chi connectivity index (χ2v) is 15.5. The molecule has 0 atom stereocenters. The summed E-state index contributed by atoms with van der Waals surface area (Å²) in [6, 6.07) is 38.7. The third-order valence-corrected chi connectivity index (χ3v) is 11.5. The Morgan fingerprint density at radius 1 is 0.426 bits per heavy atom. The van der Waals surface area contributed by atoms with Crippen LogP contribution in [0.15, 0.2) is 168 Å². The van der Waals surface area contributed by atoms with E-state index in [2.05, 4.69) is 0 Å². The average molecular weight is 761 g/mol. The van der Waals surface area contributed by atoms with Gasteiger partial charge in [0.25, 0.3) is 31.9 Å². The van der Waals surface area contributed by atoms with Crippen LogP contribution in [0.5, 0.6) is 11.5 Å². The number of hydrogen-bond donors (Lipinski definition) is 0. The lowest BCUT2D eigenvalue weighted by molar-refractivity contribution is 0.0997. The first kappa shape index (κ1) is 37.2. The number of aryl methyl sites for hydroxylation is 2. The first-order valence-electron chi connectivity index (χ1n) is 16.4. The number of sulfonamides is 2. The van der Waals surface area contributed by atoms with E-state index in [4.69, 9.17) is 9.47 Å². The third kappa shape index (κ3) is 8.07. The van der Waals surface area contributed by atoms with Gasteiger partial charge in [0.05, 0.1) is 21.2 Å². The van der Waals surface area contributed by atoms with Crippen LogP contribution < -0.4 is 18.1 Å². The van der Waals surface area contributed by atoms with Gasteiger partial charge in [-0.1, -0.05) is 71.8 Å². The highest BCUT2D eigenvalue weighted by Gasteiger charge is 2.33. The highest BCUT2D eigenvalue weighted by molar-refractivity contribution is 7.94. The summed E-state index contributed by atoms with van der Waals surface area (Å²) in [6.07, 6.45) is -1.14.